The van der Waals surface area contributed by atoms with Crippen molar-refractivity contribution in [1.29, 1.82) is 0 Å². The first-order chi connectivity index (χ1) is 8.76. The molecule has 0 spiro atoms. The van der Waals surface area contributed by atoms with Gasteiger partial charge in [0.2, 0.25) is 12.7 Å². The molecule has 3 rings (SSSR count). The molecule has 0 radical (unpaired) electrons. The van der Waals surface area contributed by atoms with Crippen LogP contribution in [0.5, 0.6) is 11.5 Å². The Morgan fingerprint density at radius 1 is 1.39 bits per heavy atom. The van der Waals surface area contributed by atoms with E-state index in [1.54, 1.807) is 4.90 Å². The zero-order chi connectivity index (χ0) is 12.5. The number of hydrogen-bond acceptors (Lipinski definition) is 3. The molecule has 1 amide bonds. The lowest BCUT2D eigenvalue weighted by Crippen LogP contribution is -2.24. The van der Waals surface area contributed by atoms with Crippen molar-refractivity contribution in [2.45, 2.75) is 13.0 Å². The lowest BCUT2D eigenvalue weighted by Gasteiger charge is -2.16. The van der Waals surface area contributed by atoms with Gasteiger partial charge in [-0.15, -0.1) is 12.3 Å². The number of ether oxygens (including phenoxy) is 2. The van der Waals surface area contributed by atoms with Crippen LogP contribution in [0.25, 0.3) is 0 Å². The van der Waals surface area contributed by atoms with Gasteiger partial charge in [-0.1, -0.05) is 6.07 Å². The molecule has 92 valence electrons. The third-order valence-corrected chi connectivity index (χ3v) is 3.26. The molecule has 0 saturated carbocycles. The summed E-state index contributed by atoms with van der Waals surface area (Å²) >= 11 is 0. The number of terminal acetylenes is 1. The van der Waals surface area contributed by atoms with Crippen LogP contribution in [-0.2, 0) is 11.3 Å². The summed E-state index contributed by atoms with van der Waals surface area (Å²) in [6.07, 6.45) is 5.82. The predicted molar refractivity (Wildman–Crippen MR) is 64.9 cm³/mol. The molecule has 1 atom stereocenters. The number of hydrogen-bond donors (Lipinski definition) is 0. The fourth-order valence-corrected chi connectivity index (χ4v) is 2.30. The highest BCUT2D eigenvalue weighted by Gasteiger charge is 2.28. The van der Waals surface area contributed by atoms with Crippen molar-refractivity contribution in [2.75, 3.05) is 13.3 Å². The molecule has 2 aliphatic heterocycles. The summed E-state index contributed by atoms with van der Waals surface area (Å²) < 4.78 is 10.6. The fraction of sp³-hybridized carbons (Fsp3) is 0.357. The summed E-state index contributed by atoms with van der Waals surface area (Å²) in [6.45, 7) is 1.48. The summed E-state index contributed by atoms with van der Waals surface area (Å²) in [5.41, 5.74) is 1.03. The molecule has 1 unspecified atom stereocenters. The summed E-state index contributed by atoms with van der Waals surface area (Å²) in [5.74, 6) is 4.31. The van der Waals surface area contributed by atoms with Gasteiger partial charge in [0.25, 0.3) is 0 Å². The molecular weight excluding hydrogens is 230 g/mol. The van der Waals surface area contributed by atoms with Crippen molar-refractivity contribution < 1.29 is 14.3 Å². The summed E-state index contributed by atoms with van der Waals surface area (Å²) in [5, 5.41) is 0. The smallest absolute Gasteiger partial charge is 0.231 e. The number of carbonyl (C=O) groups excluding carboxylic acids is 1. The van der Waals surface area contributed by atoms with Crippen LogP contribution in [0.15, 0.2) is 18.2 Å². The number of carbonyl (C=O) groups is 1. The Morgan fingerprint density at radius 2 is 2.22 bits per heavy atom. The maximum absolute atomic E-state index is 11.8. The molecule has 1 aromatic carbocycles. The first kappa shape index (κ1) is 11.0. The van der Waals surface area contributed by atoms with E-state index in [0.29, 0.717) is 19.5 Å². The van der Waals surface area contributed by atoms with Crippen LogP contribution >= 0.6 is 0 Å². The average molecular weight is 243 g/mol. The molecule has 0 aliphatic carbocycles. The number of nitrogens with zero attached hydrogens (tertiary/aromatic N) is 1. The highest BCUT2D eigenvalue weighted by molar-refractivity contribution is 5.79. The second-order valence-electron chi connectivity index (χ2n) is 4.53. The molecule has 0 bridgehead atoms. The molecule has 1 saturated heterocycles. The maximum atomic E-state index is 11.8. The van der Waals surface area contributed by atoms with Crippen molar-refractivity contribution in [3.63, 3.8) is 0 Å². The van der Waals surface area contributed by atoms with Gasteiger partial charge in [0.15, 0.2) is 11.5 Å². The second-order valence-corrected chi connectivity index (χ2v) is 4.53. The van der Waals surface area contributed by atoms with Crippen LogP contribution in [0.3, 0.4) is 0 Å². The zero-order valence-corrected chi connectivity index (χ0v) is 9.89. The molecule has 18 heavy (non-hydrogen) atoms. The monoisotopic (exact) mass is 243 g/mol. The number of amides is 1. The highest BCUT2D eigenvalue weighted by Crippen LogP contribution is 2.33. The lowest BCUT2D eigenvalue weighted by molar-refractivity contribution is -0.128. The summed E-state index contributed by atoms with van der Waals surface area (Å²) in [4.78, 5) is 13.5. The Labute approximate surface area is 105 Å². The van der Waals surface area contributed by atoms with Gasteiger partial charge in [0.1, 0.15) is 0 Å². The van der Waals surface area contributed by atoms with Gasteiger partial charge in [0, 0.05) is 25.4 Å². The van der Waals surface area contributed by atoms with Gasteiger partial charge < -0.3 is 14.4 Å². The fourth-order valence-electron chi connectivity index (χ4n) is 2.30. The standard InChI is InChI=1S/C14H13NO3/c1-2-10-6-14(16)15(7-10)8-11-3-4-12-13(5-11)18-9-17-12/h1,3-5,10H,6-9H2. The molecule has 2 heterocycles. The quantitative estimate of drug-likeness (QED) is 0.737. The van der Waals surface area contributed by atoms with E-state index < -0.39 is 0 Å². The number of fused-ring (bicyclic) bond motifs is 1. The Hall–Kier alpha value is -2.15. The number of likely N-dealkylation sites (tertiary alicyclic amines) is 1. The van der Waals surface area contributed by atoms with E-state index in [4.69, 9.17) is 15.9 Å². The van der Waals surface area contributed by atoms with Crippen molar-refractivity contribution in [3.05, 3.63) is 23.8 Å². The van der Waals surface area contributed by atoms with E-state index in [0.717, 1.165) is 17.1 Å². The van der Waals surface area contributed by atoms with Gasteiger partial charge in [-0.25, -0.2) is 0 Å². The average Bonchev–Trinajstić information content (AvgIpc) is 2.96. The van der Waals surface area contributed by atoms with Gasteiger partial charge in [-0.2, -0.15) is 0 Å². The van der Waals surface area contributed by atoms with Crippen molar-refractivity contribution in [2.24, 2.45) is 5.92 Å². The van der Waals surface area contributed by atoms with E-state index in [1.807, 2.05) is 18.2 Å². The Morgan fingerprint density at radius 3 is 3.00 bits per heavy atom. The van der Waals surface area contributed by atoms with Crippen LogP contribution < -0.4 is 9.47 Å². The molecule has 4 heteroatoms. The highest BCUT2D eigenvalue weighted by atomic mass is 16.7. The van der Waals surface area contributed by atoms with Crippen LogP contribution in [0.4, 0.5) is 0 Å². The Kier molecular flexibility index (Phi) is 2.60. The molecule has 1 fully saturated rings. The summed E-state index contributed by atoms with van der Waals surface area (Å²) in [7, 11) is 0. The number of benzene rings is 1. The summed E-state index contributed by atoms with van der Waals surface area (Å²) in [6, 6.07) is 5.74. The van der Waals surface area contributed by atoms with Gasteiger partial charge in [-0.05, 0) is 17.7 Å². The zero-order valence-electron chi connectivity index (χ0n) is 9.89. The molecular formula is C14H13NO3. The minimum atomic E-state index is 0.0477. The first-order valence-corrected chi connectivity index (χ1v) is 5.88. The third-order valence-electron chi connectivity index (χ3n) is 3.26. The molecule has 0 N–H and O–H groups in total. The van der Waals surface area contributed by atoms with Crippen LogP contribution in [-0.4, -0.2) is 24.1 Å². The van der Waals surface area contributed by atoms with Crippen LogP contribution in [0.1, 0.15) is 12.0 Å². The largest absolute Gasteiger partial charge is 0.454 e. The topological polar surface area (TPSA) is 38.8 Å². The van der Waals surface area contributed by atoms with E-state index in [9.17, 15) is 4.79 Å². The predicted octanol–water partition coefficient (Wildman–Crippen LogP) is 1.40. The van der Waals surface area contributed by atoms with E-state index >= 15 is 0 Å². The third kappa shape index (κ3) is 1.88. The van der Waals surface area contributed by atoms with Crippen LogP contribution in [0.2, 0.25) is 0 Å². The normalized spacial score (nSPS) is 21.2. The first-order valence-electron chi connectivity index (χ1n) is 5.88. The maximum Gasteiger partial charge on any atom is 0.231 e. The Balaban J connectivity index is 1.74. The van der Waals surface area contributed by atoms with Gasteiger partial charge >= 0.3 is 0 Å². The van der Waals surface area contributed by atoms with E-state index in [2.05, 4.69) is 5.92 Å². The minimum absolute atomic E-state index is 0.0477. The van der Waals surface area contributed by atoms with E-state index in [1.165, 1.54) is 0 Å². The van der Waals surface area contributed by atoms with Gasteiger partial charge in [-0.3, -0.25) is 4.79 Å². The molecule has 4 nitrogen and oxygen atoms in total. The SMILES string of the molecule is C#CC1CC(=O)N(Cc2ccc3c(c2)OCO3)C1. The van der Waals surface area contributed by atoms with Crippen LogP contribution in [0, 0.1) is 18.3 Å². The number of rotatable bonds is 2. The van der Waals surface area contributed by atoms with Crippen molar-refractivity contribution in [1.82, 2.24) is 4.90 Å². The van der Waals surface area contributed by atoms with Gasteiger partial charge in [0.05, 0.1) is 0 Å². The van der Waals surface area contributed by atoms with Crippen molar-refractivity contribution in [3.8, 4) is 23.8 Å². The molecule has 0 aromatic heterocycles. The minimum Gasteiger partial charge on any atom is -0.454 e. The molecule has 1 aromatic rings. The lowest BCUT2D eigenvalue weighted by atomic mass is 10.1. The molecule has 2 aliphatic rings. The van der Waals surface area contributed by atoms with E-state index in [-0.39, 0.29) is 18.6 Å². The second kappa shape index (κ2) is 4.26. The Bertz CT molecular complexity index is 532. The van der Waals surface area contributed by atoms with Crippen molar-refractivity contribution >= 4 is 5.91 Å².